The molecule has 3 rings (SSSR count). The second-order valence-electron chi connectivity index (χ2n) is 4.35. The fraction of sp³-hybridized carbons (Fsp3) is 0.500. The van der Waals surface area contributed by atoms with Crippen molar-refractivity contribution in [3.63, 3.8) is 0 Å². The molecule has 3 heterocycles. The Kier molecular flexibility index (Phi) is 2.86. The van der Waals surface area contributed by atoms with E-state index < -0.39 is 12.1 Å². The third-order valence-corrected chi connectivity index (χ3v) is 3.34. The Morgan fingerprint density at radius 1 is 1.26 bits per heavy atom. The first-order valence-electron chi connectivity index (χ1n) is 5.80. The molecule has 1 fully saturated rings. The van der Waals surface area contributed by atoms with Gasteiger partial charge in [-0.1, -0.05) is 0 Å². The number of rotatable bonds is 2. The van der Waals surface area contributed by atoms with Gasteiger partial charge in [-0.3, -0.25) is 4.90 Å². The number of hydrogen-bond acceptors (Lipinski definition) is 7. The van der Waals surface area contributed by atoms with E-state index in [4.69, 9.17) is 9.05 Å². The molecule has 0 saturated carbocycles. The minimum Gasteiger partial charge on any atom is -0.465 e. The molecule has 2 aromatic rings. The molecule has 2 atom stereocenters. The van der Waals surface area contributed by atoms with Gasteiger partial charge in [0.2, 0.25) is 0 Å². The van der Waals surface area contributed by atoms with Gasteiger partial charge in [0, 0.05) is 23.0 Å². The van der Waals surface area contributed by atoms with Gasteiger partial charge in [0.25, 0.3) is 0 Å². The van der Waals surface area contributed by atoms with Crippen LogP contribution in [0.25, 0.3) is 0 Å². The Morgan fingerprint density at radius 3 is 2.53 bits per heavy atom. The van der Waals surface area contributed by atoms with Crippen molar-refractivity contribution in [1.82, 2.24) is 25.6 Å². The summed E-state index contributed by atoms with van der Waals surface area (Å²) in [6.07, 6.45) is 3.18. The third kappa shape index (κ3) is 2.14. The molecular formula is C10H11N5O4. The maximum atomic E-state index is 11.2. The largest absolute Gasteiger partial charge is 0.465 e. The Labute approximate surface area is 107 Å². The van der Waals surface area contributed by atoms with Crippen LogP contribution < -0.4 is 0 Å². The number of likely N-dealkylation sites (tertiary alicyclic amines) is 1. The van der Waals surface area contributed by atoms with Crippen molar-refractivity contribution >= 4 is 6.09 Å². The Bertz CT molecular complexity index is 540. The summed E-state index contributed by atoms with van der Waals surface area (Å²) in [5, 5.41) is 23.3. The molecule has 1 amide bonds. The maximum Gasteiger partial charge on any atom is 0.407 e. The van der Waals surface area contributed by atoms with E-state index >= 15 is 0 Å². The standard InChI is InChI=1S/C10H11N5O4/c16-10(17)15-2-1-6(8-4-11-13-18-8)3-7(15)9-5-12-14-19-9/h4-7H,1-3H2,(H,16,17). The lowest BCUT2D eigenvalue weighted by Crippen LogP contribution is -2.39. The van der Waals surface area contributed by atoms with Crippen molar-refractivity contribution in [1.29, 1.82) is 0 Å². The van der Waals surface area contributed by atoms with Gasteiger partial charge in [-0.2, -0.15) is 0 Å². The fourth-order valence-electron chi connectivity index (χ4n) is 2.40. The van der Waals surface area contributed by atoms with Gasteiger partial charge in [-0.05, 0) is 12.8 Å². The van der Waals surface area contributed by atoms with Gasteiger partial charge >= 0.3 is 6.09 Å². The summed E-state index contributed by atoms with van der Waals surface area (Å²) in [4.78, 5) is 12.6. The van der Waals surface area contributed by atoms with Crippen LogP contribution in [0.1, 0.15) is 36.3 Å². The number of nitrogens with zero attached hydrogens (tertiary/aromatic N) is 5. The van der Waals surface area contributed by atoms with Crippen LogP contribution >= 0.6 is 0 Å². The number of carboxylic acid groups (broad SMARTS) is 1. The number of piperidine rings is 1. The van der Waals surface area contributed by atoms with E-state index in [0.717, 1.165) is 0 Å². The molecular weight excluding hydrogens is 254 g/mol. The molecule has 9 nitrogen and oxygen atoms in total. The van der Waals surface area contributed by atoms with Gasteiger partial charge in [-0.25, -0.2) is 4.79 Å². The van der Waals surface area contributed by atoms with Crippen LogP contribution in [-0.4, -0.2) is 43.4 Å². The zero-order valence-corrected chi connectivity index (χ0v) is 9.84. The van der Waals surface area contributed by atoms with Crippen molar-refractivity contribution in [2.45, 2.75) is 24.8 Å². The Morgan fingerprint density at radius 2 is 1.95 bits per heavy atom. The first-order valence-corrected chi connectivity index (χ1v) is 5.80. The van der Waals surface area contributed by atoms with Gasteiger partial charge in [0.1, 0.15) is 0 Å². The summed E-state index contributed by atoms with van der Waals surface area (Å²) in [6, 6.07) is -0.420. The Hall–Kier alpha value is -2.45. The summed E-state index contributed by atoms with van der Waals surface area (Å²) >= 11 is 0. The lowest BCUT2D eigenvalue weighted by molar-refractivity contribution is 0.0851. The first kappa shape index (κ1) is 11.6. The average Bonchev–Trinajstić information content (AvgIpc) is 3.11. The van der Waals surface area contributed by atoms with Crippen molar-refractivity contribution < 1.29 is 18.9 Å². The topological polar surface area (TPSA) is 118 Å². The normalized spacial score (nSPS) is 23.5. The van der Waals surface area contributed by atoms with E-state index in [1.54, 1.807) is 6.20 Å². The highest BCUT2D eigenvalue weighted by Gasteiger charge is 2.36. The van der Waals surface area contributed by atoms with Crippen molar-refractivity contribution in [3.8, 4) is 0 Å². The minimum atomic E-state index is -0.990. The van der Waals surface area contributed by atoms with Crippen molar-refractivity contribution in [2.75, 3.05) is 6.54 Å². The molecule has 0 aliphatic carbocycles. The zero-order valence-electron chi connectivity index (χ0n) is 9.84. The molecule has 19 heavy (non-hydrogen) atoms. The molecule has 9 heteroatoms. The van der Waals surface area contributed by atoms with Gasteiger partial charge in [-0.15, -0.1) is 10.2 Å². The van der Waals surface area contributed by atoms with E-state index in [9.17, 15) is 9.90 Å². The molecule has 1 aliphatic heterocycles. The van der Waals surface area contributed by atoms with Crippen LogP contribution in [0.15, 0.2) is 21.4 Å². The van der Waals surface area contributed by atoms with E-state index in [1.807, 2.05) is 0 Å². The van der Waals surface area contributed by atoms with Crippen LogP contribution in [0.2, 0.25) is 0 Å². The molecule has 1 N–H and O–H groups in total. The molecule has 0 spiro atoms. The minimum absolute atomic E-state index is 0.0562. The molecule has 0 radical (unpaired) electrons. The summed E-state index contributed by atoms with van der Waals surface area (Å²) in [7, 11) is 0. The third-order valence-electron chi connectivity index (χ3n) is 3.34. The average molecular weight is 265 g/mol. The zero-order chi connectivity index (χ0) is 13.2. The highest BCUT2D eigenvalue weighted by molar-refractivity contribution is 5.65. The quantitative estimate of drug-likeness (QED) is 0.855. The molecule has 2 aromatic heterocycles. The molecule has 100 valence electrons. The molecule has 1 aliphatic rings. The van der Waals surface area contributed by atoms with Crippen LogP contribution in [0.4, 0.5) is 4.79 Å². The van der Waals surface area contributed by atoms with Gasteiger partial charge in [0.15, 0.2) is 11.5 Å². The van der Waals surface area contributed by atoms with E-state index in [0.29, 0.717) is 30.9 Å². The van der Waals surface area contributed by atoms with Gasteiger partial charge < -0.3 is 14.2 Å². The smallest absolute Gasteiger partial charge is 0.407 e. The highest BCUT2D eigenvalue weighted by Crippen LogP contribution is 2.38. The summed E-state index contributed by atoms with van der Waals surface area (Å²) in [5.41, 5.74) is 0. The highest BCUT2D eigenvalue weighted by atomic mass is 16.5. The van der Waals surface area contributed by atoms with E-state index in [-0.39, 0.29) is 5.92 Å². The lowest BCUT2D eigenvalue weighted by atomic mass is 9.88. The maximum absolute atomic E-state index is 11.2. The number of amides is 1. The van der Waals surface area contributed by atoms with Crippen LogP contribution in [0.5, 0.6) is 0 Å². The Balaban J connectivity index is 1.85. The van der Waals surface area contributed by atoms with Crippen molar-refractivity contribution in [3.05, 3.63) is 23.9 Å². The predicted octanol–water partition coefficient (Wildman–Crippen LogP) is 1.05. The molecule has 1 saturated heterocycles. The number of hydrogen-bond donors (Lipinski definition) is 1. The van der Waals surface area contributed by atoms with Crippen LogP contribution in [0.3, 0.4) is 0 Å². The predicted molar refractivity (Wildman–Crippen MR) is 58.0 cm³/mol. The van der Waals surface area contributed by atoms with Gasteiger partial charge in [0.05, 0.1) is 18.4 Å². The monoisotopic (exact) mass is 265 g/mol. The van der Waals surface area contributed by atoms with Crippen LogP contribution in [-0.2, 0) is 0 Å². The molecule has 2 unspecified atom stereocenters. The molecule has 0 aromatic carbocycles. The van der Waals surface area contributed by atoms with Crippen molar-refractivity contribution in [2.24, 2.45) is 0 Å². The second kappa shape index (κ2) is 4.67. The van der Waals surface area contributed by atoms with E-state index in [2.05, 4.69) is 20.7 Å². The summed E-state index contributed by atoms with van der Waals surface area (Å²) in [6.45, 7) is 0.381. The SMILES string of the molecule is O=C(O)N1CCC(c2cnno2)CC1c1cnno1. The molecule has 0 bridgehead atoms. The number of carbonyl (C=O) groups is 1. The summed E-state index contributed by atoms with van der Waals surface area (Å²) < 4.78 is 10.0. The fourth-order valence-corrected chi connectivity index (χ4v) is 2.40. The van der Waals surface area contributed by atoms with E-state index in [1.165, 1.54) is 11.1 Å². The second-order valence-corrected chi connectivity index (χ2v) is 4.35. The summed E-state index contributed by atoms with van der Waals surface area (Å²) in [5.74, 6) is 1.14. The van der Waals surface area contributed by atoms with Crippen LogP contribution in [0, 0.1) is 0 Å². The number of aromatic nitrogens is 4. The lowest BCUT2D eigenvalue weighted by Gasteiger charge is -2.34. The first-order chi connectivity index (χ1) is 9.25.